The van der Waals surface area contributed by atoms with Crippen molar-refractivity contribution in [2.45, 2.75) is 39.5 Å². The van der Waals surface area contributed by atoms with Crippen LogP contribution in [0.1, 0.15) is 39.5 Å². The van der Waals surface area contributed by atoms with Gasteiger partial charge in [0, 0.05) is 6.54 Å². The van der Waals surface area contributed by atoms with E-state index in [4.69, 9.17) is 5.73 Å². The molecule has 0 aliphatic heterocycles. The van der Waals surface area contributed by atoms with Crippen molar-refractivity contribution in [2.24, 2.45) is 11.7 Å². The van der Waals surface area contributed by atoms with Crippen molar-refractivity contribution in [3.05, 3.63) is 12.2 Å². The molecule has 1 unspecified atom stereocenters. The molecule has 11 heavy (non-hydrogen) atoms. The van der Waals surface area contributed by atoms with Gasteiger partial charge < -0.3 is 5.73 Å². The van der Waals surface area contributed by atoms with Crippen molar-refractivity contribution in [1.29, 1.82) is 0 Å². The lowest BCUT2D eigenvalue weighted by molar-refractivity contribution is 0.511. The van der Waals surface area contributed by atoms with Gasteiger partial charge in [-0.25, -0.2) is 0 Å². The van der Waals surface area contributed by atoms with E-state index in [-0.39, 0.29) is 0 Å². The maximum absolute atomic E-state index is 5.33. The highest BCUT2D eigenvalue weighted by molar-refractivity contribution is 4.83. The van der Waals surface area contributed by atoms with Crippen LogP contribution in [0, 0.1) is 5.92 Å². The lowest BCUT2D eigenvalue weighted by Crippen LogP contribution is -1.95. The summed E-state index contributed by atoms with van der Waals surface area (Å²) in [6, 6.07) is 0. The van der Waals surface area contributed by atoms with E-state index in [0.717, 1.165) is 5.92 Å². The van der Waals surface area contributed by atoms with Crippen LogP contribution < -0.4 is 5.73 Å². The van der Waals surface area contributed by atoms with E-state index in [1.54, 1.807) is 0 Å². The van der Waals surface area contributed by atoms with Gasteiger partial charge in [0.05, 0.1) is 0 Å². The summed E-state index contributed by atoms with van der Waals surface area (Å²) in [7, 11) is 0. The first kappa shape index (κ1) is 10.7. The molecule has 0 amide bonds. The molecule has 0 aromatic rings. The molecule has 0 fully saturated rings. The van der Waals surface area contributed by atoms with Crippen LogP contribution in [0.4, 0.5) is 0 Å². The predicted octanol–water partition coefficient (Wildman–Crippen LogP) is 2.72. The van der Waals surface area contributed by atoms with Crippen molar-refractivity contribution in [3.8, 4) is 0 Å². The summed E-state index contributed by atoms with van der Waals surface area (Å²) in [5, 5.41) is 0. The van der Waals surface area contributed by atoms with E-state index >= 15 is 0 Å². The largest absolute Gasteiger partial charge is 0.327 e. The minimum absolute atomic E-state index is 0.681. The second-order valence-corrected chi connectivity index (χ2v) is 3.19. The lowest BCUT2D eigenvalue weighted by atomic mass is 10.0. The normalized spacial score (nSPS) is 14.1. The first-order valence-corrected chi connectivity index (χ1v) is 4.66. The SMILES string of the molecule is CCCCC(C)CC=CCN. The van der Waals surface area contributed by atoms with Crippen LogP contribution in [-0.4, -0.2) is 6.54 Å². The van der Waals surface area contributed by atoms with E-state index in [2.05, 4.69) is 19.9 Å². The monoisotopic (exact) mass is 155 g/mol. The average Bonchev–Trinajstić information content (AvgIpc) is 2.01. The number of hydrogen-bond acceptors (Lipinski definition) is 1. The van der Waals surface area contributed by atoms with E-state index in [0.29, 0.717) is 6.54 Å². The molecule has 0 aromatic carbocycles. The zero-order chi connectivity index (χ0) is 8.53. The molecular weight excluding hydrogens is 134 g/mol. The lowest BCUT2D eigenvalue weighted by Gasteiger charge is -2.05. The van der Waals surface area contributed by atoms with Gasteiger partial charge in [-0.2, -0.15) is 0 Å². The Kier molecular flexibility index (Phi) is 7.59. The molecule has 66 valence electrons. The fraction of sp³-hybridized carbons (Fsp3) is 0.800. The Morgan fingerprint density at radius 1 is 1.36 bits per heavy atom. The van der Waals surface area contributed by atoms with E-state index in [1.807, 2.05) is 6.08 Å². The number of hydrogen-bond donors (Lipinski definition) is 1. The third-order valence-corrected chi connectivity index (χ3v) is 1.89. The van der Waals surface area contributed by atoms with Crippen LogP contribution in [0.25, 0.3) is 0 Å². The first-order valence-electron chi connectivity index (χ1n) is 4.66. The Bertz CT molecular complexity index is 97.0. The van der Waals surface area contributed by atoms with Crippen molar-refractivity contribution >= 4 is 0 Å². The van der Waals surface area contributed by atoms with Gasteiger partial charge >= 0.3 is 0 Å². The zero-order valence-electron chi connectivity index (χ0n) is 7.84. The molecule has 0 aliphatic rings. The van der Waals surface area contributed by atoms with Gasteiger partial charge in [0.1, 0.15) is 0 Å². The van der Waals surface area contributed by atoms with Gasteiger partial charge in [-0.1, -0.05) is 45.3 Å². The molecular formula is C10H21N. The summed E-state index contributed by atoms with van der Waals surface area (Å²) in [5.41, 5.74) is 5.33. The van der Waals surface area contributed by atoms with E-state index in [1.165, 1.54) is 25.7 Å². The summed E-state index contributed by atoms with van der Waals surface area (Å²) < 4.78 is 0. The van der Waals surface area contributed by atoms with E-state index < -0.39 is 0 Å². The highest BCUT2D eigenvalue weighted by Crippen LogP contribution is 2.11. The zero-order valence-corrected chi connectivity index (χ0v) is 7.84. The van der Waals surface area contributed by atoms with Crippen LogP contribution in [0.15, 0.2) is 12.2 Å². The maximum Gasteiger partial charge on any atom is 0.0106 e. The number of allylic oxidation sites excluding steroid dienone is 1. The molecule has 0 saturated carbocycles. The molecule has 0 aliphatic carbocycles. The van der Waals surface area contributed by atoms with Gasteiger partial charge in [0.25, 0.3) is 0 Å². The molecule has 2 N–H and O–H groups in total. The van der Waals surface area contributed by atoms with Crippen LogP contribution in [-0.2, 0) is 0 Å². The summed E-state index contributed by atoms with van der Waals surface area (Å²) in [6.07, 6.45) is 9.45. The molecule has 0 rings (SSSR count). The second kappa shape index (κ2) is 7.80. The molecule has 1 nitrogen and oxygen atoms in total. The summed E-state index contributed by atoms with van der Waals surface area (Å²) >= 11 is 0. The van der Waals surface area contributed by atoms with Gasteiger partial charge in [-0.15, -0.1) is 0 Å². The molecule has 0 heterocycles. The smallest absolute Gasteiger partial charge is 0.0106 e. The van der Waals surface area contributed by atoms with Crippen LogP contribution in [0.2, 0.25) is 0 Å². The molecule has 1 atom stereocenters. The first-order chi connectivity index (χ1) is 5.31. The second-order valence-electron chi connectivity index (χ2n) is 3.19. The quantitative estimate of drug-likeness (QED) is 0.586. The highest BCUT2D eigenvalue weighted by Gasteiger charge is 1.96. The summed E-state index contributed by atoms with van der Waals surface area (Å²) in [4.78, 5) is 0. The standard InChI is InChI=1S/C10H21N/c1-3-4-7-10(2)8-5-6-9-11/h5-6,10H,3-4,7-9,11H2,1-2H3. The molecule has 0 saturated heterocycles. The van der Waals surface area contributed by atoms with Gasteiger partial charge in [0.2, 0.25) is 0 Å². The third kappa shape index (κ3) is 7.60. The van der Waals surface area contributed by atoms with Crippen molar-refractivity contribution in [1.82, 2.24) is 0 Å². The van der Waals surface area contributed by atoms with Crippen LogP contribution in [0.3, 0.4) is 0 Å². The summed E-state index contributed by atoms with van der Waals surface area (Å²) in [6.45, 7) is 5.22. The van der Waals surface area contributed by atoms with Crippen molar-refractivity contribution in [3.63, 3.8) is 0 Å². The van der Waals surface area contributed by atoms with Crippen molar-refractivity contribution in [2.75, 3.05) is 6.54 Å². The maximum atomic E-state index is 5.33. The minimum Gasteiger partial charge on any atom is -0.327 e. The van der Waals surface area contributed by atoms with Crippen LogP contribution in [0.5, 0.6) is 0 Å². The van der Waals surface area contributed by atoms with Gasteiger partial charge in [-0.05, 0) is 12.3 Å². The molecule has 1 heteroatoms. The fourth-order valence-corrected chi connectivity index (χ4v) is 1.10. The number of rotatable bonds is 6. The molecule has 0 spiro atoms. The minimum atomic E-state index is 0.681. The fourth-order valence-electron chi connectivity index (χ4n) is 1.10. The Hall–Kier alpha value is -0.300. The highest BCUT2D eigenvalue weighted by atomic mass is 14.5. The van der Waals surface area contributed by atoms with Gasteiger partial charge in [0.15, 0.2) is 0 Å². The molecule has 0 radical (unpaired) electrons. The Balaban J connectivity index is 3.21. The topological polar surface area (TPSA) is 26.0 Å². The van der Waals surface area contributed by atoms with Gasteiger partial charge in [-0.3, -0.25) is 0 Å². The Morgan fingerprint density at radius 2 is 2.09 bits per heavy atom. The average molecular weight is 155 g/mol. The molecule has 0 bridgehead atoms. The third-order valence-electron chi connectivity index (χ3n) is 1.89. The number of nitrogens with two attached hydrogens (primary N) is 1. The number of unbranched alkanes of at least 4 members (excludes halogenated alkanes) is 1. The van der Waals surface area contributed by atoms with Crippen LogP contribution >= 0.6 is 0 Å². The Morgan fingerprint density at radius 3 is 2.64 bits per heavy atom. The molecule has 0 aromatic heterocycles. The van der Waals surface area contributed by atoms with Crippen molar-refractivity contribution < 1.29 is 0 Å². The predicted molar refractivity (Wildman–Crippen MR) is 51.5 cm³/mol. The summed E-state index contributed by atoms with van der Waals surface area (Å²) in [5.74, 6) is 0.831. The Labute approximate surface area is 70.7 Å². The van der Waals surface area contributed by atoms with E-state index in [9.17, 15) is 0 Å².